The molecule has 0 aromatic rings. The highest BCUT2D eigenvalue weighted by Crippen LogP contribution is 2.22. The number of likely N-dealkylation sites (tertiary alicyclic amines) is 1. The molecule has 0 aromatic carbocycles. The van der Waals surface area contributed by atoms with Gasteiger partial charge in [0.1, 0.15) is 0 Å². The first-order valence-electron chi connectivity index (χ1n) is 6.46. The fourth-order valence-electron chi connectivity index (χ4n) is 2.88. The molecule has 0 aliphatic carbocycles. The third kappa shape index (κ3) is 2.92. The second kappa shape index (κ2) is 5.28. The third-order valence-electron chi connectivity index (χ3n) is 4.02. The monoisotopic (exact) mass is 211 g/mol. The fraction of sp³-hybridized carbons (Fsp3) is 1.00. The van der Waals surface area contributed by atoms with E-state index in [0.717, 1.165) is 12.1 Å². The van der Waals surface area contributed by atoms with E-state index in [4.69, 9.17) is 0 Å². The van der Waals surface area contributed by atoms with Crippen molar-refractivity contribution in [3.63, 3.8) is 0 Å². The van der Waals surface area contributed by atoms with Gasteiger partial charge in [-0.1, -0.05) is 0 Å². The lowest BCUT2D eigenvalue weighted by molar-refractivity contribution is 0.160. The van der Waals surface area contributed by atoms with Crippen LogP contribution in [0.1, 0.15) is 26.7 Å². The maximum atomic E-state index is 3.40. The lowest BCUT2D eigenvalue weighted by atomic mass is 10.2. The van der Waals surface area contributed by atoms with Crippen molar-refractivity contribution in [2.45, 2.75) is 38.8 Å². The van der Waals surface area contributed by atoms with E-state index in [0.29, 0.717) is 0 Å². The molecule has 2 aliphatic rings. The smallest absolute Gasteiger partial charge is 0.0115 e. The van der Waals surface area contributed by atoms with Crippen molar-refractivity contribution < 1.29 is 0 Å². The number of hydrogen-bond donors (Lipinski definition) is 1. The van der Waals surface area contributed by atoms with Crippen LogP contribution in [0.25, 0.3) is 0 Å². The first kappa shape index (κ1) is 11.4. The highest BCUT2D eigenvalue weighted by molar-refractivity contribution is 4.83. The second-order valence-electron chi connectivity index (χ2n) is 5.10. The highest BCUT2D eigenvalue weighted by atomic mass is 15.3. The predicted octanol–water partition coefficient (Wildman–Crippen LogP) is 0.764. The molecule has 2 atom stereocenters. The van der Waals surface area contributed by atoms with Crippen LogP contribution in [0, 0.1) is 0 Å². The van der Waals surface area contributed by atoms with Gasteiger partial charge in [0.05, 0.1) is 0 Å². The van der Waals surface area contributed by atoms with Gasteiger partial charge in [-0.3, -0.25) is 9.80 Å². The molecule has 2 fully saturated rings. The SMILES string of the molecule is C[C@H]1CC[C@H](C)N1CCN1CCNCC1. The van der Waals surface area contributed by atoms with Gasteiger partial charge in [-0.05, 0) is 26.7 Å². The molecule has 0 amide bonds. The largest absolute Gasteiger partial charge is 0.314 e. The Morgan fingerprint density at radius 1 is 1.00 bits per heavy atom. The minimum absolute atomic E-state index is 0.808. The summed E-state index contributed by atoms with van der Waals surface area (Å²) in [6.07, 6.45) is 2.78. The molecule has 2 aliphatic heterocycles. The number of piperazine rings is 1. The Morgan fingerprint density at radius 2 is 1.60 bits per heavy atom. The zero-order valence-electron chi connectivity index (χ0n) is 10.2. The molecule has 3 heteroatoms. The molecular formula is C12H25N3. The van der Waals surface area contributed by atoms with Crippen molar-refractivity contribution in [1.29, 1.82) is 0 Å². The van der Waals surface area contributed by atoms with E-state index in [9.17, 15) is 0 Å². The Bertz CT molecular complexity index is 179. The molecular weight excluding hydrogens is 186 g/mol. The number of nitrogens with one attached hydrogen (secondary N) is 1. The summed E-state index contributed by atoms with van der Waals surface area (Å²) in [7, 11) is 0. The van der Waals surface area contributed by atoms with Gasteiger partial charge >= 0.3 is 0 Å². The summed E-state index contributed by atoms with van der Waals surface area (Å²) in [5, 5.41) is 3.40. The first-order chi connectivity index (χ1) is 7.27. The predicted molar refractivity (Wildman–Crippen MR) is 64.2 cm³/mol. The molecule has 0 radical (unpaired) electrons. The zero-order valence-corrected chi connectivity index (χ0v) is 10.2. The van der Waals surface area contributed by atoms with E-state index >= 15 is 0 Å². The Morgan fingerprint density at radius 3 is 2.20 bits per heavy atom. The van der Waals surface area contributed by atoms with Crippen LogP contribution in [-0.4, -0.2) is 61.2 Å². The molecule has 1 N–H and O–H groups in total. The molecule has 15 heavy (non-hydrogen) atoms. The van der Waals surface area contributed by atoms with Crippen LogP contribution in [0.5, 0.6) is 0 Å². The van der Waals surface area contributed by atoms with Gasteiger partial charge < -0.3 is 5.32 Å². The molecule has 88 valence electrons. The Kier molecular flexibility index (Phi) is 4.00. The molecule has 2 heterocycles. The van der Waals surface area contributed by atoms with Crippen LogP contribution in [0.3, 0.4) is 0 Å². The summed E-state index contributed by atoms with van der Waals surface area (Å²) in [6.45, 7) is 12.1. The van der Waals surface area contributed by atoms with Gasteiger partial charge in [0.2, 0.25) is 0 Å². The summed E-state index contributed by atoms with van der Waals surface area (Å²) < 4.78 is 0. The Hall–Kier alpha value is -0.120. The van der Waals surface area contributed by atoms with Gasteiger partial charge in [0.15, 0.2) is 0 Å². The molecule has 0 saturated carbocycles. The van der Waals surface area contributed by atoms with Crippen molar-refractivity contribution in [3.05, 3.63) is 0 Å². The van der Waals surface area contributed by atoms with Crippen LogP contribution in [-0.2, 0) is 0 Å². The number of hydrogen-bond acceptors (Lipinski definition) is 3. The van der Waals surface area contributed by atoms with Crippen LogP contribution < -0.4 is 5.32 Å². The number of nitrogens with zero attached hydrogens (tertiary/aromatic N) is 2. The molecule has 0 bridgehead atoms. The van der Waals surface area contributed by atoms with Crippen LogP contribution in [0.2, 0.25) is 0 Å². The fourth-order valence-corrected chi connectivity index (χ4v) is 2.88. The third-order valence-corrected chi connectivity index (χ3v) is 4.02. The first-order valence-corrected chi connectivity index (χ1v) is 6.46. The summed E-state index contributed by atoms with van der Waals surface area (Å²) >= 11 is 0. The van der Waals surface area contributed by atoms with Gasteiger partial charge in [-0.2, -0.15) is 0 Å². The van der Waals surface area contributed by atoms with Gasteiger partial charge in [0, 0.05) is 51.4 Å². The standard InChI is InChI=1S/C12H25N3/c1-11-3-4-12(2)15(11)10-9-14-7-5-13-6-8-14/h11-13H,3-10H2,1-2H3/t11-,12-/m0/s1. The van der Waals surface area contributed by atoms with Crippen molar-refractivity contribution >= 4 is 0 Å². The quantitative estimate of drug-likeness (QED) is 0.744. The molecule has 0 aromatic heterocycles. The Balaban J connectivity index is 1.71. The summed E-state index contributed by atoms with van der Waals surface area (Å²) in [5.74, 6) is 0. The maximum absolute atomic E-state index is 3.40. The lowest BCUT2D eigenvalue weighted by Gasteiger charge is -2.32. The van der Waals surface area contributed by atoms with Gasteiger partial charge in [-0.15, -0.1) is 0 Å². The van der Waals surface area contributed by atoms with Crippen LogP contribution in [0.4, 0.5) is 0 Å². The number of rotatable bonds is 3. The average molecular weight is 211 g/mol. The summed E-state index contributed by atoms with van der Waals surface area (Å²) in [5.41, 5.74) is 0. The molecule has 2 saturated heterocycles. The van der Waals surface area contributed by atoms with E-state index in [1.54, 1.807) is 0 Å². The minimum atomic E-state index is 0.808. The Labute approximate surface area is 93.8 Å². The van der Waals surface area contributed by atoms with E-state index < -0.39 is 0 Å². The second-order valence-corrected chi connectivity index (χ2v) is 5.10. The average Bonchev–Trinajstić information content (AvgIpc) is 2.58. The molecule has 3 nitrogen and oxygen atoms in total. The minimum Gasteiger partial charge on any atom is -0.314 e. The topological polar surface area (TPSA) is 18.5 Å². The van der Waals surface area contributed by atoms with Gasteiger partial charge in [-0.25, -0.2) is 0 Å². The highest BCUT2D eigenvalue weighted by Gasteiger charge is 2.27. The van der Waals surface area contributed by atoms with Crippen molar-refractivity contribution in [2.24, 2.45) is 0 Å². The molecule has 0 spiro atoms. The van der Waals surface area contributed by atoms with Crippen molar-refractivity contribution in [1.82, 2.24) is 15.1 Å². The van der Waals surface area contributed by atoms with E-state index in [1.807, 2.05) is 0 Å². The molecule has 2 rings (SSSR count). The lowest BCUT2D eigenvalue weighted by Crippen LogP contribution is -2.47. The summed E-state index contributed by atoms with van der Waals surface area (Å²) in [4.78, 5) is 5.27. The van der Waals surface area contributed by atoms with E-state index in [1.165, 1.54) is 52.1 Å². The van der Waals surface area contributed by atoms with E-state index in [-0.39, 0.29) is 0 Å². The van der Waals surface area contributed by atoms with Crippen molar-refractivity contribution in [2.75, 3.05) is 39.3 Å². The molecule has 0 unspecified atom stereocenters. The zero-order chi connectivity index (χ0) is 10.7. The van der Waals surface area contributed by atoms with Crippen molar-refractivity contribution in [3.8, 4) is 0 Å². The normalized spacial score (nSPS) is 34.8. The van der Waals surface area contributed by atoms with Crippen LogP contribution >= 0.6 is 0 Å². The van der Waals surface area contributed by atoms with Gasteiger partial charge in [0.25, 0.3) is 0 Å². The van der Waals surface area contributed by atoms with Crippen LogP contribution in [0.15, 0.2) is 0 Å². The maximum Gasteiger partial charge on any atom is 0.0115 e. The summed E-state index contributed by atoms with van der Waals surface area (Å²) in [6, 6.07) is 1.62. The van der Waals surface area contributed by atoms with E-state index in [2.05, 4.69) is 29.0 Å².